The Kier molecular flexibility index (Phi) is 9.35. The smallest absolute Gasteiger partial charge is 0.407 e. The Morgan fingerprint density at radius 1 is 1.11 bits per heavy atom. The van der Waals surface area contributed by atoms with Gasteiger partial charge in [0.2, 0.25) is 5.91 Å². The second-order valence-electron chi connectivity index (χ2n) is 5.76. The van der Waals surface area contributed by atoms with Gasteiger partial charge in [-0.2, -0.15) is 0 Å². The van der Waals surface area contributed by atoms with Crippen molar-refractivity contribution in [2.24, 2.45) is 5.92 Å². The summed E-state index contributed by atoms with van der Waals surface area (Å²) in [6.07, 6.45) is -0.931. The Bertz CT molecular complexity index is 648. The van der Waals surface area contributed by atoms with Gasteiger partial charge in [0.25, 0.3) is 0 Å². The lowest BCUT2D eigenvalue weighted by Gasteiger charge is -2.18. The first-order valence-electron chi connectivity index (χ1n) is 8.46. The van der Waals surface area contributed by atoms with E-state index >= 15 is 0 Å². The molecule has 0 aliphatic rings. The van der Waals surface area contributed by atoms with Crippen molar-refractivity contribution in [3.63, 3.8) is 0 Å². The van der Waals surface area contributed by atoms with E-state index in [9.17, 15) is 24.3 Å². The molecule has 0 bridgehead atoms. The van der Waals surface area contributed by atoms with E-state index in [0.29, 0.717) is 0 Å². The standard InChI is InChI=1S/C18H24N2O7/c1-3-26-17(24)12(2)9-14(16(22)23)20-15(21)10-19-18(25)27-11-13-7-5-4-6-8-13/h4-8,12,14H,3,9-11H2,1-2H3,(H,19,25)(H,20,21)(H,22,23)/t12-,14-/m1/s1. The Morgan fingerprint density at radius 2 is 1.78 bits per heavy atom. The number of aliphatic carboxylic acids is 1. The largest absolute Gasteiger partial charge is 0.480 e. The fourth-order valence-corrected chi connectivity index (χ4v) is 2.13. The number of benzene rings is 1. The number of hydrogen-bond acceptors (Lipinski definition) is 6. The van der Waals surface area contributed by atoms with Gasteiger partial charge in [-0.05, 0) is 18.9 Å². The van der Waals surface area contributed by atoms with Gasteiger partial charge in [0.15, 0.2) is 0 Å². The minimum Gasteiger partial charge on any atom is -0.480 e. The molecule has 9 nitrogen and oxygen atoms in total. The van der Waals surface area contributed by atoms with E-state index in [2.05, 4.69) is 10.6 Å². The molecule has 0 spiro atoms. The topological polar surface area (TPSA) is 131 Å². The van der Waals surface area contributed by atoms with Crippen LogP contribution in [-0.2, 0) is 30.5 Å². The Balaban J connectivity index is 2.39. The monoisotopic (exact) mass is 380 g/mol. The molecule has 27 heavy (non-hydrogen) atoms. The van der Waals surface area contributed by atoms with Crippen molar-refractivity contribution in [3.8, 4) is 0 Å². The van der Waals surface area contributed by atoms with Crippen molar-refractivity contribution in [1.29, 1.82) is 0 Å². The predicted molar refractivity (Wildman–Crippen MR) is 94.6 cm³/mol. The van der Waals surface area contributed by atoms with Crippen LogP contribution in [0.4, 0.5) is 4.79 Å². The lowest BCUT2D eigenvalue weighted by atomic mass is 10.0. The van der Waals surface area contributed by atoms with Crippen molar-refractivity contribution < 1.29 is 33.8 Å². The lowest BCUT2D eigenvalue weighted by Crippen LogP contribution is -2.46. The Hall–Kier alpha value is -3.10. The van der Waals surface area contributed by atoms with Crippen LogP contribution in [0.3, 0.4) is 0 Å². The molecular formula is C18H24N2O7. The molecule has 1 aromatic carbocycles. The summed E-state index contributed by atoms with van der Waals surface area (Å²) in [5.41, 5.74) is 0.788. The molecule has 9 heteroatoms. The molecule has 0 saturated carbocycles. The summed E-state index contributed by atoms with van der Waals surface area (Å²) < 4.78 is 9.76. The van der Waals surface area contributed by atoms with Crippen molar-refractivity contribution in [3.05, 3.63) is 35.9 Å². The van der Waals surface area contributed by atoms with Gasteiger partial charge < -0.3 is 25.2 Å². The van der Waals surface area contributed by atoms with Crippen LogP contribution in [0.1, 0.15) is 25.8 Å². The molecule has 0 radical (unpaired) electrons. The minimum atomic E-state index is -1.29. The molecule has 1 aromatic rings. The number of carboxylic acids is 1. The first-order chi connectivity index (χ1) is 12.8. The van der Waals surface area contributed by atoms with Gasteiger partial charge in [-0.25, -0.2) is 9.59 Å². The normalized spacial score (nSPS) is 12.4. The van der Waals surface area contributed by atoms with Gasteiger partial charge in [-0.1, -0.05) is 37.3 Å². The maximum Gasteiger partial charge on any atom is 0.407 e. The van der Waals surface area contributed by atoms with E-state index in [0.717, 1.165) is 5.56 Å². The number of carbonyl (C=O) groups is 4. The number of carbonyl (C=O) groups excluding carboxylic acids is 3. The van der Waals surface area contributed by atoms with Crippen LogP contribution in [0, 0.1) is 5.92 Å². The van der Waals surface area contributed by atoms with Gasteiger partial charge in [0, 0.05) is 0 Å². The first-order valence-corrected chi connectivity index (χ1v) is 8.46. The molecule has 3 N–H and O–H groups in total. The van der Waals surface area contributed by atoms with E-state index in [4.69, 9.17) is 9.47 Å². The van der Waals surface area contributed by atoms with Gasteiger partial charge in [-0.3, -0.25) is 9.59 Å². The number of esters is 1. The van der Waals surface area contributed by atoms with Crippen LogP contribution in [0.15, 0.2) is 30.3 Å². The van der Waals surface area contributed by atoms with E-state index < -0.39 is 42.4 Å². The van der Waals surface area contributed by atoms with Crippen LogP contribution in [0.25, 0.3) is 0 Å². The van der Waals surface area contributed by atoms with Gasteiger partial charge in [-0.15, -0.1) is 0 Å². The number of carboxylic acid groups (broad SMARTS) is 1. The zero-order chi connectivity index (χ0) is 20.2. The van der Waals surface area contributed by atoms with E-state index in [1.165, 1.54) is 6.92 Å². The molecule has 2 amide bonds. The summed E-state index contributed by atoms with van der Waals surface area (Å²) in [6.45, 7) is 2.93. The second kappa shape index (κ2) is 11.5. The summed E-state index contributed by atoms with van der Waals surface area (Å²) in [5.74, 6) is -3.24. The number of ether oxygens (including phenoxy) is 2. The summed E-state index contributed by atoms with van der Waals surface area (Å²) in [6, 6.07) is 7.71. The SMILES string of the molecule is CCOC(=O)[C@H](C)C[C@@H](NC(=O)CNC(=O)OCc1ccccc1)C(=O)O. The third-order valence-corrected chi connectivity index (χ3v) is 3.52. The third kappa shape index (κ3) is 8.70. The van der Waals surface area contributed by atoms with Gasteiger partial charge >= 0.3 is 18.0 Å². The fraction of sp³-hybridized carbons (Fsp3) is 0.444. The number of alkyl carbamates (subject to hydrolysis) is 1. The number of rotatable bonds is 10. The quantitative estimate of drug-likeness (QED) is 0.517. The van der Waals surface area contributed by atoms with E-state index in [-0.39, 0.29) is 19.6 Å². The summed E-state index contributed by atoms with van der Waals surface area (Å²) in [5, 5.41) is 13.7. The highest BCUT2D eigenvalue weighted by atomic mass is 16.5. The molecule has 0 aliphatic heterocycles. The van der Waals surface area contributed by atoms with Crippen LogP contribution in [-0.4, -0.2) is 48.2 Å². The lowest BCUT2D eigenvalue weighted by molar-refractivity contribution is -0.149. The average molecular weight is 380 g/mol. The summed E-state index contributed by atoms with van der Waals surface area (Å²) in [4.78, 5) is 46.3. The Morgan fingerprint density at radius 3 is 2.37 bits per heavy atom. The van der Waals surface area contributed by atoms with Gasteiger partial charge in [0.1, 0.15) is 19.2 Å². The van der Waals surface area contributed by atoms with Gasteiger partial charge in [0.05, 0.1) is 12.5 Å². The van der Waals surface area contributed by atoms with Crippen molar-refractivity contribution in [2.75, 3.05) is 13.2 Å². The molecule has 1 rings (SSSR count). The van der Waals surface area contributed by atoms with E-state index in [1.807, 2.05) is 6.07 Å². The van der Waals surface area contributed by atoms with Crippen molar-refractivity contribution in [2.45, 2.75) is 32.9 Å². The zero-order valence-corrected chi connectivity index (χ0v) is 15.3. The number of amides is 2. The van der Waals surface area contributed by atoms with Crippen LogP contribution < -0.4 is 10.6 Å². The highest BCUT2D eigenvalue weighted by Crippen LogP contribution is 2.09. The number of nitrogens with one attached hydrogen (secondary N) is 2. The molecule has 0 aliphatic carbocycles. The highest BCUT2D eigenvalue weighted by Gasteiger charge is 2.26. The number of hydrogen-bond donors (Lipinski definition) is 3. The molecule has 148 valence electrons. The molecular weight excluding hydrogens is 356 g/mol. The maximum atomic E-state index is 11.9. The third-order valence-electron chi connectivity index (χ3n) is 3.52. The molecule has 2 atom stereocenters. The van der Waals surface area contributed by atoms with Crippen molar-refractivity contribution in [1.82, 2.24) is 10.6 Å². The zero-order valence-electron chi connectivity index (χ0n) is 15.3. The fourth-order valence-electron chi connectivity index (χ4n) is 2.13. The maximum absolute atomic E-state index is 11.9. The molecule has 0 fully saturated rings. The van der Waals surface area contributed by atoms with Crippen LogP contribution >= 0.6 is 0 Å². The van der Waals surface area contributed by atoms with Crippen LogP contribution in [0.5, 0.6) is 0 Å². The molecule has 0 saturated heterocycles. The Labute approximate surface area is 157 Å². The molecule has 0 aromatic heterocycles. The van der Waals surface area contributed by atoms with E-state index in [1.54, 1.807) is 31.2 Å². The average Bonchev–Trinajstić information content (AvgIpc) is 2.65. The molecule has 0 heterocycles. The summed E-state index contributed by atoms with van der Waals surface area (Å²) in [7, 11) is 0. The first kappa shape index (κ1) is 21.9. The van der Waals surface area contributed by atoms with Crippen molar-refractivity contribution >= 4 is 23.9 Å². The predicted octanol–water partition coefficient (Wildman–Crippen LogP) is 1.07. The van der Waals surface area contributed by atoms with Crippen LogP contribution in [0.2, 0.25) is 0 Å². The highest BCUT2D eigenvalue weighted by molar-refractivity contribution is 5.87. The summed E-state index contributed by atoms with van der Waals surface area (Å²) >= 11 is 0. The second-order valence-corrected chi connectivity index (χ2v) is 5.76. The minimum absolute atomic E-state index is 0.0447. The molecule has 0 unspecified atom stereocenters.